The van der Waals surface area contributed by atoms with Crippen molar-refractivity contribution in [3.63, 3.8) is 0 Å². The molecule has 1 aromatic carbocycles. The molecule has 19 heavy (non-hydrogen) atoms. The Kier molecular flexibility index (Phi) is 3.75. The summed E-state index contributed by atoms with van der Waals surface area (Å²) in [6.45, 7) is 1.88. The van der Waals surface area contributed by atoms with Crippen LogP contribution in [0.1, 0.15) is 25.3 Å². The van der Waals surface area contributed by atoms with Crippen molar-refractivity contribution < 1.29 is 19.0 Å². The summed E-state index contributed by atoms with van der Waals surface area (Å²) in [5, 5.41) is 9.35. The fourth-order valence-electron chi connectivity index (χ4n) is 2.54. The number of hydrogen-bond acceptors (Lipinski definition) is 3. The molecule has 4 nitrogen and oxygen atoms in total. The lowest BCUT2D eigenvalue weighted by Crippen LogP contribution is -2.41. The Labute approximate surface area is 111 Å². The summed E-state index contributed by atoms with van der Waals surface area (Å²) >= 11 is 0. The van der Waals surface area contributed by atoms with E-state index in [2.05, 4.69) is 0 Å². The summed E-state index contributed by atoms with van der Waals surface area (Å²) in [4.78, 5) is 11.4. The molecule has 2 atom stereocenters. The van der Waals surface area contributed by atoms with E-state index in [1.54, 1.807) is 6.07 Å². The Morgan fingerprint density at radius 2 is 2.37 bits per heavy atom. The summed E-state index contributed by atoms with van der Waals surface area (Å²) in [6.07, 6.45) is 1.06. The van der Waals surface area contributed by atoms with Gasteiger partial charge in [-0.3, -0.25) is 4.79 Å². The van der Waals surface area contributed by atoms with Crippen LogP contribution in [0.5, 0.6) is 5.75 Å². The van der Waals surface area contributed by atoms with Crippen molar-refractivity contribution in [1.29, 1.82) is 0 Å². The molecular formula is C14H18FNO3. The van der Waals surface area contributed by atoms with E-state index in [4.69, 9.17) is 10.5 Å². The van der Waals surface area contributed by atoms with Crippen molar-refractivity contribution in [3.8, 4) is 5.75 Å². The number of carbonyl (C=O) groups is 1. The second kappa shape index (κ2) is 5.17. The fourth-order valence-corrected chi connectivity index (χ4v) is 2.54. The molecule has 0 radical (unpaired) electrons. The van der Waals surface area contributed by atoms with Crippen LogP contribution in [0, 0.1) is 11.2 Å². The predicted molar refractivity (Wildman–Crippen MR) is 68.6 cm³/mol. The molecular weight excluding hydrogens is 249 g/mol. The van der Waals surface area contributed by atoms with Gasteiger partial charge >= 0.3 is 5.97 Å². The second-order valence-corrected chi connectivity index (χ2v) is 5.04. The average Bonchev–Trinajstić information content (AvgIpc) is 2.77. The highest BCUT2D eigenvalue weighted by atomic mass is 19.1. The first-order valence-corrected chi connectivity index (χ1v) is 6.39. The quantitative estimate of drug-likeness (QED) is 0.855. The topological polar surface area (TPSA) is 72.5 Å². The fraction of sp³-hybridized carbons (Fsp3) is 0.500. The van der Waals surface area contributed by atoms with Crippen molar-refractivity contribution in [3.05, 3.63) is 29.6 Å². The zero-order valence-electron chi connectivity index (χ0n) is 10.9. The number of ether oxygens (including phenoxy) is 1. The summed E-state index contributed by atoms with van der Waals surface area (Å²) in [7, 11) is 0. The molecule has 104 valence electrons. The maximum absolute atomic E-state index is 13.1. The summed E-state index contributed by atoms with van der Waals surface area (Å²) < 4.78 is 18.8. The van der Waals surface area contributed by atoms with Crippen molar-refractivity contribution in [2.45, 2.75) is 32.3 Å². The molecule has 3 N–H and O–H groups in total. The Morgan fingerprint density at radius 1 is 1.63 bits per heavy atom. The Morgan fingerprint density at radius 3 is 2.95 bits per heavy atom. The first kappa shape index (κ1) is 13.8. The highest BCUT2D eigenvalue weighted by molar-refractivity contribution is 5.75. The number of nitrogens with two attached hydrogens (primary N) is 1. The van der Waals surface area contributed by atoms with Gasteiger partial charge in [0.1, 0.15) is 17.7 Å². The smallest absolute Gasteiger partial charge is 0.311 e. The molecule has 0 aliphatic carbocycles. The maximum atomic E-state index is 13.1. The Bertz CT molecular complexity index is 486. The number of benzene rings is 1. The minimum Gasteiger partial charge on any atom is -0.490 e. The van der Waals surface area contributed by atoms with Gasteiger partial charge in [-0.1, -0.05) is 6.92 Å². The normalized spacial score (nSPS) is 20.5. The highest BCUT2D eigenvalue weighted by Crippen LogP contribution is 2.36. The van der Waals surface area contributed by atoms with Crippen molar-refractivity contribution in [2.75, 3.05) is 6.54 Å². The third kappa shape index (κ3) is 2.56. The predicted octanol–water partition coefficient (Wildman–Crippen LogP) is 1.96. The lowest BCUT2D eigenvalue weighted by molar-refractivity contribution is -0.150. The molecule has 5 heteroatoms. The summed E-state index contributed by atoms with van der Waals surface area (Å²) in [5.41, 5.74) is 5.45. The van der Waals surface area contributed by atoms with Crippen LogP contribution >= 0.6 is 0 Å². The molecule has 0 spiro atoms. The van der Waals surface area contributed by atoms with E-state index in [1.807, 2.05) is 6.92 Å². The zero-order valence-corrected chi connectivity index (χ0v) is 10.9. The molecule has 0 aromatic heterocycles. The Balaban J connectivity index is 2.13. The van der Waals surface area contributed by atoms with Gasteiger partial charge in [0.2, 0.25) is 0 Å². The molecule has 0 amide bonds. The van der Waals surface area contributed by atoms with Crippen LogP contribution in [-0.4, -0.2) is 23.7 Å². The number of carboxylic acids is 1. The van der Waals surface area contributed by atoms with E-state index in [-0.39, 0.29) is 18.5 Å². The molecule has 2 unspecified atom stereocenters. The molecule has 1 aliphatic heterocycles. The van der Waals surface area contributed by atoms with E-state index in [0.717, 1.165) is 5.56 Å². The van der Waals surface area contributed by atoms with Crippen molar-refractivity contribution >= 4 is 5.97 Å². The number of carboxylic acid groups (broad SMARTS) is 1. The van der Waals surface area contributed by atoms with Gasteiger partial charge in [0.05, 0.1) is 5.41 Å². The van der Waals surface area contributed by atoms with Crippen LogP contribution in [0.3, 0.4) is 0 Å². The Hall–Kier alpha value is -1.62. The van der Waals surface area contributed by atoms with Gasteiger partial charge in [0, 0.05) is 24.9 Å². The molecule has 0 fully saturated rings. The van der Waals surface area contributed by atoms with Gasteiger partial charge in [0.25, 0.3) is 0 Å². The number of fused-ring (bicyclic) bond motifs is 1. The largest absolute Gasteiger partial charge is 0.490 e. The highest BCUT2D eigenvalue weighted by Gasteiger charge is 2.40. The lowest BCUT2D eigenvalue weighted by Gasteiger charge is -2.28. The van der Waals surface area contributed by atoms with E-state index >= 15 is 0 Å². The summed E-state index contributed by atoms with van der Waals surface area (Å²) in [5.74, 6) is -0.566. The van der Waals surface area contributed by atoms with Crippen LogP contribution < -0.4 is 10.5 Å². The van der Waals surface area contributed by atoms with Crippen LogP contribution in [0.15, 0.2) is 18.2 Å². The van der Waals surface area contributed by atoms with Gasteiger partial charge in [-0.25, -0.2) is 4.39 Å². The van der Waals surface area contributed by atoms with E-state index in [0.29, 0.717) is 25.0 Å². The van der Waals surface area contributed by atoms with E-state index in [1.165, 1.54) is 12.1 Å². The molecule has 1 heterocycles. The molecule has 2 rings (SSSR count). The molecule has 1 aliphatic rings. The first-order chi connectivity index (χ1) is 9.00. The summed E-state index contributed by atoms with van der Waals surface area (Å²) in [6, 6.07) is 4.36. The molecule has 0 saturated carbocycles. The zero-order chi connectivity index (χ0) is 14.0. The molecule has 0 bridgehead atoms. The minimum atomic E-state index is -0.967. The minimum absolute atomic E-state index is 0.0728. The van der Waals surface area contributed by atoms with E-state index in [9.17, 15) is 14.3 Å². The van der Waals surface area contributed by atoms with Gasteiger partial charge in [-0.05, 0) is 24.6 Å². The standard InChI is InChI=1S/C14H18FNO3/c1-2-14(8-16,13(17)18)7-11-6-9-5-10(15)3-4-12(9)19-11/h3-5,11H,2,6-8,16H2,1H3,(H,17,18). The van der Waals surface area contributed by atoms with Crippen molar-refractivity contribution in [2.24, 2.45) is 11.1 Å². The van der Waals surface area contributed by atoms with Crippen LogP contribution in [0.2, 0.25) is 0 Å². The van der Waals surface area contributed by atoms with Gasteiger partial charge < -0.3 is 15.6 Å². The SMILES string of the molecule is CCC(CN)(CC1Cc2cc(F)ccc2O1)C(=O)O. The second-order valence-electron chi connectivity index (χ2n) is 5.04. The maximum Gasteiger partial charge on any atom is 0.311 e. The van der Waals surface area contributed by atoms with Crippen LogP contribution in [-0.2, 0) is 11.2 Å². The lowest BCUT2D eigenvalue weighted by atomic mass is 9.79. The average molecular weight is 267 g/mol. The van der Waals surface area contributed by atoms with Gasteiger partial charge in [-0.15, -0.1) is 0 Å². The number of aliphatic carboxylic acids is 1. The van der Waals surface area contributed by atoms with E-state index < -0.39 is 11.4 Å². The third-order valence-electron chi connectivity index (χ3n) is 3.90. The number of rotatable bonds is 5. The van der Waals surface area contributed by atoms with Gasteiger partial charge in [0.15, 0.2) is 0 Å². The van der Waals surface area contributed by atoms with Crippen LogP contribution in [0.25, 0.3) is 0 Å². The number of hydrogen-bond donors (Lipinski definition) is 2. The number of halogens is 1. The first-order valence-electron chi connectivity index (χ1n) is 6.39. The van der Waals surface area contributed by atoms with Crippen LogP contribution in [0.4, 0.5) is 4.39 Å². The molecule has 1 aromatic rings. The van der Waals surface area contributed by atoms with Gasteiger partial charge in [-0.2, -0.15) is 0 Å². The molecule has 0 saturated heterocycles. The monoisotopic (exact) mass is 267 g/mol. The van der Waals surface area contributed by atoms with Crippen molar-refractivity contribution in [1.82, 2.24) is 0 Å². The third-order valence-corrected chi connectivity index (χ3v) is 3.90.